The zero-order chi connectivity index (χ0) is 13.4. The van der Waals surface area contributed by atoms with Crippen molar-refractivity contribution < 1.29 is 5.11 Å². The van der Waals surface area contributed by atoms with Crippen LogP contribution in [0, 0.1) is 0 Å². The van der Waals surface area contributed by atoms with Crippen molar-refractivity contribution in [2.45, 2.75) is 45.3 Å². The van der Waals surface area contributed by atoms with Gasteiger partial charge in [-0.3, -0.25) is 4.90 Å². The molecule has 3 heterocycles. The van der Waals surface area contributed by atoms with Gasteiger partial charge in [-0.25, -0.2) is 4.98 Å². The lowest BCUT2D eigenvalue weighted by atomic mass is 10.1. The topological polar surface area (TPSA) is 39.6 Å². The molecule has 5 heteroatoms. The molecule has 2 saturated heterocycles. The Hall–Kier alpha value is -0.650. The summed E-state index contributed by atoms with van der Waals surface area (Å²) in [4.78, 5) is 10.9. The standard InChI is InChI=1S/C14H23N3OS/c1-10(2)13-12(9-18)19-14(15-13)17-7-6-16-5-3-4-11(16)8-17/h10-11,18H,3-9H2,1-2H3. The Morgan fingerprint density at radius 1 is 1.37 bits per heavy atom. The lowest BCUT2D eigenvalue weighted by molar-refractivity contribution is 0.231. The van der Waals surface area contributed by atoms with E-state index in [9.17, 15) is 5.11 Å². The number of thiazole rings is 1. The highest BCUT2D eigenvalue weighted by Gasteiger charge is 2.32. The minimum Gasteiger partial charge on any atom is -0.391 e. The fourth-order valence-corrected chi connectivity index (χ4v) is 4.32. The van der Waals surface area contributed by atoms with Crippen molar-refractivity contribution in [3.63, 3.8) is 0 Å². The van der Waals surface area contributed by atoms with Crippen LogP contribution >= 0.6 is 11.3 Å². The molecule has 1 aromatic rings. The Morgan fingerprint density at radius 2 is 2.21 bits per heavy atom. The van der Waals surface area contributed by atoms with Gasteiger partial charge in [-0.15, -0.1) is 0 Å². The molecule has 0 radical (unpaired) electrons. The molecule has 0 amide bonds. The van der Waals surface area contributed by atoms with Crippen LogP contribution in [-0.4, -0.2) is 47.2 Å². The van der Waals surface area contributed by atoms with Gasteiger partial charge in [-0.1, -0.05) is 25.2 Å². The molecule has 4 nitrogen and oxygen atoms in total. The number of fused-ring (bicyclic) bond motifs is 1. The minimum absolute atomic E-state index is 0.120. The highest BCUT2D eigenvalue weighted by molar-refractivity contribution is 7.15. The third-order valence-corrected chi connectivity index (χ3v) is 5.38. The number of rotatable bonds is 3. The van der Waals surface area contributed by atoms with Gasteiger partial charge >= 0.3 is 0 Å². The summed E-state index contributed by atoms with van der Waals surface area (Å²) in [7, 11) is 0. The summed E-state index contributed by atoms with van der Waals surface area (Å²) < 4.78 is 0. The number of anilines is 1. The first-order valence-corrected chi connectivity index (χ1v) is 8.10. The Kier molecular flexibility index (Phi) is 3.78. The summed E-state index contributed by atoms with van der Waals surface area (Å²) in [5, 5.41) is 10.6. The molecule has 1 N–H and O–H groups in total. The van der Waals surface area contributed by atoms with E-state index >= 15 is 0 Å². The van der Waals surface area contributed by atoms with Crippen LogP contribution in [0.4, 0.5) is 5.13 Å². The van der Waals surface area contributed by atoms with Crippen molar-refractivity contribution >= 4 is 16.5 Å². The molecular weight excluding hydrogens is 258 g/mol. The quantitative estimate of drug-likeness (QED) is 0.920. The van der Waals surface area contributed by atoms with Crippen LogP contribution < -0.4 is 4.90 Å². The maximum absolute atomic E-state index is 9.47. The van der Waals surface area contributed by atoms with Gasteiger partial charge in [0.25, 0.3) is 0 Å². The molecule has 2 aliphatic heterocycles. The van der Waals surface area contributed by atoms with Gasteiger partial charge < -0.3 is 10.0 Å². The van der Waals surface area contributed by atoms with Gasteiger partial charge in [-0.2, -0.15) is 0 Å². The predicted octanol–water partition coefficient (Wildman–Crippen LogP) is 2.04. The van der Waals surface area contributed by atoms with E-state index in [1.54, 1.807) is 11.3 Å². The average Bonchev–Trinajstić information content (AvgIpc) is 3.04. The molecule has 0 saturated carbocycles. The van der Waals surface area contributed by atoms with E-state index in [2.05, 4.69) is 23.6 Å². The Morgan fingerprint density at radius 3 is 2.89 bits per heavy atom. The van der Waals surface area contributed by atoms with Gasteiger partial charge in [0, 0.05) is 25.7 Å². The molecule has 2 aliphatic rings. The molecule has 0 aliphatic carbocycles. The van der Waals surface area contributed by atoms with Crippen LogP contribution in [0.15, 0.2) is 0 Å². The summed E-state index contributed by atoms with van der Waals surface area (Å²) in [6.45, 7) is 9.03. The van der Waals surface area contributed by atoms with Crippen LogP contribution in [0.3, 0.4) is 0 Å². The largest absolute Gasteiger partial charge is 0.391 e. The van der Waals surface area contributed by atoms with E-state index in [0.717, 1.165) is 41.4 Å². The molecule has 3 rings (SSSR count). The van der Waals surface area contributed by atoms with E-state index in [1.807, 2.05) is 0 Å². The van der Waals surface area contributed by atoms with Crippen molar-refractivity contribution in [2.75, 3.05) is 31.1 Å². The molecule has 0 bridgehead atoms. The zero-order valence-corrected chi connectivity index (χ0v) is 12.6. The van der Waals surface area contributed by atoms with Crippen molar-refractivity contribution in [3.05, 3.63) is 10.6 Å². The van der Waals surface area contributed by atoms with Crippen molar-refractivity contribution in [2.24, 2.45) is 0 Å². The molecule has 1 aromatic heterocycles. The van der Waals surface area contributed by atoms with Crippen LogP contribution in [-0.2, 0) is 6.61 Å². The van der Waals surface area contributed by atoms with Crippen molar-refractivity contribution in [3.8, 4) is 0 Å². The molecule has 1 unspecified atom stereocenters. The maximum Gasteiger partial charge on any atom is 0.185 e. The fourth-order valence-electron chi connectivity index (χ4n) is 3.22. The number of piperazine rings is 1. The monoisotopic (exact) mass is 281 g/mol. The van der Waals surface area contributed by atoms with Crippen LogP contribution in [0.2, 0.25) is 0 Å². The summed E-state index contributed by atoms with van der Waals surface area (Å²) in [5.74, 6) is 0.389. The Bertz CT molecular complexity index is 446. The highest BCUT2D eigenvalue weighted by atomic mass is 32.1. The maximum atomic E-state index is 9.47. The van der Waals surface area contributed by atoms with Crippen LogP contribution in [0.25, 0.3) is 0 Å². The molecule has 1 atom stereocenters. The fraction of sp³-hybridized carbons (Fsp3) is 0.786. The first-order valence-electron chi connectivity index (χ1n) is 7.28. The summed E-state index contributed by atoms with van der Waals surface area (Å²) in [6.07, 6.45) is 2.67. The van der Waals surface area contributed by atoms with Gasteiger partial charge in [-0.05, 0) is 25.3 Å². The Labute approximate surface area is 119 Å². The van der Waals surface area contributed by atoms with Crippen molar-refractivity contribution in [1.29, 1.82) is 0 Å². The van der Waals surface area contributed by atoms with E-state index < -0.39 is 0 Å². The lowest BCUT2D eigenvalue weighted by Crippen LogP contribution is -2.50. The van der Waals surface area contributed by atoms with E-state index in [1.165, 1.54) is 19.4 Å². The second-order valence-electron chi connectivity index (χ2n) is 5.90. The predicted molar refractivity (Wildman–Crippen MR) is 78.9 cm³/mol. The Balaban J connectivity index is 1.78. The number of hydrogen-bond donors (Lipinski definition) is 1. The smallest absolute Gasteiger partial charge is 0.185 e. The molecule has 19 heavy (non-hydrogen) atoms. The summed E-state index contributed by atoms with van der Waals surface area (Å²) in [5.41, 5.74) is 1.08. The van der Waals surface area contributed by atoms with E-state index in [0.29, 0.717) is 5.92 Å². The number of aromatic nitrogens is 1. The first-order chi connectivity index (χ1) is 9.19. The number of hydrogen-bond acceptors (Lipinski definition) is 5. The summed E-state index contributed by atoms with van der Waals surface area (Å²) >= 11 is 1.67. The molecule has 0 spiro atoms. The third-order valence-electron chi connectivity index (χ3n) is 4.26. The van der Waals surface area contributed by atoms with E-state index in [-0.39, 0.29) is 6.61 Å². The number of aliphatic hydroxyl groups is 1. The number of aliphatic hydroxyl groups excluding tert-OH is 1. The molecule has 0 aromatic carbocycles. The van der Waals surface area contributed by atoms with Gasteiger partial charge in [0.05, 0.1) is 17.2 Å². The van der Waals surface area contributed by atoms with Crippen LogP contribution in [0.5, 0.6) is 0 Å². The second kappa shape index (κ2) is 5.38. The third kappa shape index (κ3) is 2.51. The zero-order valence-electron chi connectivity index (χ0n) is 11.8. The first kappa shape index (κ1) is 13.3. The van der Waals surface area contributed by atoms with Gasteiger partial charge in [0.1, 0.15) is 0 Å². The molecule has 2 fully saturated rings. The van der Waals surface area contributed by atoms with Gasteiger partial charge in [0.15, 0.2) is 5.13 Å². The van der Waals surface area contributed by atoms with Gasteiger partial charge in [0.2, 0.25) is 0 Å². The molecular formula is C14H23N3OS. The highest BCUT2D eigenvalue weighted by Crippen LogP contribution is 2.33. The summed E-state index contributed by atoms with van der Waals surface area (Å²) in [6, 6.07) is 0.720. The number of nitrogens with zero attached hydrogens (tertiary/aromatic N) is 3. The minimum atomic E-state index is 0.120. The molecule has 106 valence electrons. The van der Waals surface area contributed by atoms with E-state index in [4.69, 9.17) is 4.98 Å². The normalized spacial score (nSPS) is 24.2. The SMILES string of the molecule is CC(C)c1nc(N2CCN3CCCC3C2)sc1CO. The lowest BCUT2D eigenvalue weighted by Gasteiger charge is -2.37. The average molecular weight is 281 g/mol. The van der Waals surface area contributed by atoms with Crippen LogP contribution in [0.1, 0.15) is 43.2 Å². The van der Waals surface area contributed by atoms with Crippen molar-refractivity contribution in [1.82, 2.24) is 9.88 Å². The second-order valence-corrected chi connectivity index (χ2v) is 6.96.